The highest BCUT2D eigenvalue weighted by Gasteiger charge is 2.44. The summed E-state index contributed by atoms with van der Waals surface area (Å²) in [7, 11) is 0. The molecule has 1 aliphatic rings. The topological polar surface area (TPSA) is 145 Å². The summed E-state index contributed by atoms with van der Waals surface area (Å²) in [5.74, 6) is 0.270. The van der Waals surface area contributed by atoms with Crippen molar-refractivity contribution in [2.45, 2.75) is 30.7 Å². The Morgan fingerprint density at radius 3 is 2.48 bits per heavy atom. The minimum atomic E-state index is -1.60. The molecule has 4 rings (SSSR count). The summed E-state index contributed by atoms with van der Waals surface area (Å²) in [6, 6.07) is 9.19. The number of fused-ring (bicyclic) bond motifs is 1. The number of hydrogen-bond acceptors (Lipinski definition) is 8. The smallest absolute Gasteiger partial charge is 0.259 e. The number of aliphatic hydroxyl groups excluding tert-OH is 4. The van der Waals surface area contributed by atoms with Crippen molar-refractivity contribution >= 4 is 34.1 Å². The summed E-state index contributed by atoms with van der Waals surface area (Å²) in [4.78, 5) is 19.6. The molecule has 2 unspecified atom stereocenters. The van der Waals surface area contributed by atoms with E-state index in [4.69, 9.17) is 32.7 Å². The summed E-state index contributed by atoms with van der Waals surface area (Å²) in [5, 5.41) is 40.6. The standard InChI is InChI=1S/C20H18Cl2N2O7/c21-8-1-3-12-10(5-8)19(29)24-18(23-12)11-6-9(22)2-4-13(11)30-20-17(28)16(27)15(26)14(7-25)31-20/h1-6,14-17,20,25-28H,7H2,(H,23,24,29)/t14?,15-,16-,17?,20+/m0/s1. The molecule has 5 atom stereocenters. The molecule has 0 aliphatic carbocycles. The monoisotopic (exact) mass is 468 g/mol. The summed E-state index contributed by atoms with van der Waals surface area (Å²) >= 11 is 12.1. The third kappa shape index (κ3) is 4.26. The molecular weight excluding hydrogens is 451 g/mol. The lowest BCUT2D eigenvalue weighted by Crippen LogP contribution is -2.60. The maximum atomic E-state index is 12.5. The van der Waals surface area contributed by atoms with Gasteiger partial charge < -0.3 is 34.9 Å². The van der Waals surface area contributed by atoms with Gasteiger partial charge in [-0.05, 0) is 36.4 Å². The van der Waals surface area contributed by atoms with E-state index in [2.05, 4.69) is 9.97 Å². The molecule has 3 aromatic rings. The highest BCUT2D eigenvalue weighted by Crippen LogP contribution is 2.33. The highest BCUT2D eigenvalue weighted by atomic mass is 35.5. The number of aromatic amines is 1. The van der Waals surface area contributed by atoms with Gasteiger partial charge in [-0.25, -0.2) is 4.98 Å². The van der Waals surface area contributed by atoms with E-state index in [1.54, 1.807) is 12.1 Å². The van der Waals surface area contributed by atoms with Gasteiger partial charge >= 0.3 is 0 Å². The van der Waals surface area contributed by atoms with Gasteiger partial charge in [-0.2, -0.15) is 0 Å². The lowest BCUT2D eigenvalue weighted by Gasteiger charge is -2.39. The van der Waals surface area contributed by atoms with Gasteiger partial charge in [-0.3, -0.25) is 4.79 Å². The molecule has 0 radical (unpaired) electrons. The van der Waals surface area contributed by atoms with E-state index >= 15 is 0 Å². The average Bonchev–Trinajstić information content (AvgIpc) is 2.75. The van der Waals surface area contributed by atoms with Crippen molar-refractivity contribution in [3.05, 3.63) is 56.8 Å². The van der Waals surface area contributed by atoms with Crippen molar-refractivity contribution in [1.82, 2.24) is 9.97 Å². The first kappa shape index (κ1) is 22.0. The number of nitrogens with zero attached hydrogens (tertiary/aromatic N) is 1. The summed E-state index contributed by atoms with van der Waals surface area (Å²) < 4.78 is 11.1. The van der Waals surface area contributed by atoms with Crippen LogP contribution in [-0.2, 0) is 4.74 Å². The van der Waals surface area contributed by atoms with Gasteiger partial charge in [0, 0.05) is 10.0 Å². The number of rotatable bonds is 4. The first-order valence-corrected chi connectivity index (χ1v) is 10.0. The summed E-state index contributed by atoms with van der Waals surface area (Å²) in [6.07, 6.45) is -7.28. The second kappa shape index (κ2) is 8.71. The molecule has 5 N–H and O–H groups in total. The van der Waals surface area contributed by atoms with Crippen LogP contribution in [0.15, 0.2) is 41.2 Å². The molecule has 0 bridgehead atoms. The van der Waals surface area contributed by atoms with Crippen LogP contribution in [0.5, 0.6) is 5.75 Å². The van der Waals surface area contributed by atoms with Crippen molar-refractivity contribution in [3.8, 4) is 17.1 Å². The van der Waals surface area contributed by atoms with E-state index < -0.39 is 42.9 Å². The van der Waals surface area contributed by atoms with Crippen LogP contribution in [0.4, 0.5) is 0 Å². The number of aromatic nitrogens is 2. The van der Waals surface area contributed by atoms with Crippen molar-refractivity contribution < 1.29 is 29.9 Å². The minimum absolute atomic E-state index is 0.130. The molecule has 0 saturated carbocycles. The Hall–Kier alpha value is -2.24. The largest absolute Gasteiger partial charge is 0.461 e. The fraction of sp³-hybridized carbons (Fsp3) is 0.300. The van der Waals surface area contributed by atoms with Crippen molar-refractivity contribution in [2.75, 3.05) is 6.61 Å². The molecule has 0 spiro atoms. The van der Waals surface area contributed by atoms with Gasteiger partial charge in [-0.15, -0.1) is 0 Å². The van der Waals surface area contributed by atoms with Crippen molar-refractivity contribution in [1.29, 1.82) is 0 Å². The van der Waals surface area contributed by atoms with Crippen LogP contribution in [-0.4, -0.2) is 67.7 Å². The molecular formula is C20H18Cl2N2O7. The van der Waals surface area contributed by atoms with Crippen LogP contribution in [0.2, 0.25) is 10.0 Å². The average molecular weight is 469 g/mol. The zero-order chi connectivity index (χ0) is 22.3. The Morgan fingerprint density at radius 2 is 1.74 bits per heavy atom. The van der Waals surface area contributed by atoms with Crippen LogP contribution in [0.25, 0.3) is 22.3 Å². The van der Waals surface area contributed by atoms with Crippen LogP contribution in [0.3, 0.4) is 0 Å². The fourth-order valence-electron chi connectivity index (χ4n) is 3.32. The molecule has 2 aromatic carbocycles. The first-order valence-electron chi connectivity index (χ1n) is 9.25. The number of aliphatic hydroxyl groups is 4. The first-order chi connectivity index (χ1) is 14.8. The van der Waals surface area contributed by atoms with E-state index in [1.165, 1.54) is 24.3 Å². The lowest BCUT2D eigenvalue weighted by molar-refractivity contribution is -0.277. The third-order valence-electron chi connectivity index (χ3n) is 4.96. The SMILES string of the molecule is O=c1[nH]c(-c2cc(Cl)ccc2O[C@@H]2OC(CO)[C@H](O)[C@H](O)C2O)nc2ccc(Cl)cc12. The molecule has 1 aliphatic heterocycles. The molecule has 1 saturated heterocycles. The predicted octanol–water partition coefficient (Wildman–Crippen LogP) is 1.08. The molecule has 1 aromatic heterocycles. The normalized spacial score (nSPS) is 26.2. The van der Waals surface area contributed by atoms with Crippen LogP contribution in [0.1, 0.15) is 0 Å². The maximum absolute atomic E-state index is 12.5. The molecule has 9 nitrogen and oxygen atoms in total. The van der Waals surface area contributed by atoms with Gasteiger partial charge in [0.1, 0.15) is 36.0 Å². The Balaban J connectivity index is 1.75. The third-order valence-corrected chi connectivity index (χ3v) is 5.43. The highest BCUT2D eigenvalue weighted by molar-refractivity contribution is 6.31. The number of benzene rings is 2. The van der Waals surface area contributed by atoms with Gasteiger partial charge in [0.2, 0.25) is 6.29 Å². The fourth-order valence-corrected chi connectivity index (χ4v) is 3.66. The Labute approximate surface area is 185 Å². The zero-order valence-corrected chi connectivity index (χ0v) is 17.3. The van der Waals surface area contributed by atoms with Crippen molar-refractivity contribution in [2.24, 2.45) is 0 Å². The number of nitrogens with one attached hydrogen (secondary N) is 1. The molecule has 11 heteroatoms. The second-order valence-corrected chi connectivity index (χ2v) is 7.90. The van der Waals surface area contributed by atoms with E-state index in [9.17, 15) is 25.2 Å². The maximum Gasteiger partial charge on any atom is 0.259 e. The van der Waals surface area contributed by atoms with Crippen molar-refractivity contribution in [3.63, 3.8) is 0 Å². The van der Waals surface area contributed by atoms with Gasteiger partial charge in [-0.1, -0.05) is 23.2 Å². The molecule has 164 valence electrons. The Kier molecular flexibility index (Phi) is 6.18. The van der Waals surface area contributed by atoms with Crippen LogP contribution >= 0.6 is 23.2 Å². The number of hydrogen-bond donors (Lipinski definition) is 5. The molecule has 1 fully saturated rings. The van der Waals surface area contributed by atoms with Gasteiger partial charge in [0.05, 0.1) is 23.1 Å². The molecule has 31 heavy (non-hydrogen) atoms. The van der Waals surface area contributed by atoms with E-state index in [-0.39, 0.29) is 11.6 Å². The second-order valence-electron chi connectivity index (χ2n) is 7.03. The molecule has 0 amide bonds. The lowest BCUT2D eigenvalue weighted by atomic mass is 9.99. The Morgan fingerprint density at radius 1 is 1.03 bits per heavy atom. The van der Waals surface area contributed by atoms with Crippen LogP contribution < -0.4 is 10.3 Å². The van der Waals surface area contributed by atoms with Crippen LogP contribution in [0, 0.1) is 0 Å². The molecule has 2 heterocycles. The summed E-state index contributed by atoms with van der Waals surface area (Å²) in [5.41, 5.74) is 0.251. The predicted molar refractivity (Wildman–Crippen MR) is 112 cm³/mol. The van der Waals surface area contributed by atoms with Gasteiger partial charge in [0.15, 0.2) is 0 Å². The Bertz CT molecular complexity index is 1170. The minimum Gasteiger partial charge on any atom is -0.461 e. The number of H-pyrrole nitrogens is 1. The summed E-state index contributed by atoms with van der Waals surface area (Å²) in [6.45, 7) is -0.597. The van der Waals surface area contributed by atoms with E-state index in [0.717, 1.165) is 0 Å². The van der Waals surface area contributed by atoms with E-state index in [0.29, 0.717) is 26.5 Å². The van der Waals surface area contributed by atoms with Gasteiger partial charge in [0.25, 0.3) is 5.56 Å². The number of ether oxygens (including phenoxy) is 2. The zero-order valence-electron chi connectivity index (χ0n) is 15.8. The number of halogens is 2. The quantitative estimate of drug-likeness (QED) is 0.382. The van der Waals surface area contributed by atoms with E-state index in [1.807, 2.05) is 0 Å².